The van der Waals surface area contributed by atoms with Crippen molar-refractivity contribution in [2.75, 3.05) is 40.5 Å². The summed E-state index contributed by atoms with van der Waals surface area (Å²) in [5.41, 5.74) is 3.87. The molecule has 0 bridgehead atoms. The summed E-state index contributed by atoms with van der Waals surface area (Å²) >= 11 is 6.15. The van der Waals surface area contributed by atoms with Gasteiger partial charge in [-0.2, -0.15) is 0 Å². The number of ether oxygens (including phenoxy) is 3. The lowest BCUT2D eigenvalue weighted by Gasteiger charge is -2.37. The van der Waals surface area contributed by atoms with Crippen LogP contribution in [0, 0.1) is 19.8 Å². The van der Waals surface area contributed by atoms with E-state index in [0.717, 1.165) is 37.4 Å². The number of piperidine rings is 1. The summed E-state index contributed by atoms with van der Waals surface area (Å²) in [5.74, 6) is 2.87. The Hall–Kier alpha value is -2.24. The lowest BCUT2D eigenvalue weighted by molar-refractivity contribution is -0.126. The first-order chi connectivity index (χ1) is 15.4. The van der Waals surface area contributed by atoms with E-state index in [9.17, 15) is 0 Å². The average Bonchev–Trinajstić information content (AvgIpc) is 2.79. The summed E-state index contributed by atoms with van der Waals surface area (Å²) in [7, 11) is 2.94. The first kappa shape index (κ1) is 26.0. The zero-order chi connectivity index (χ0) is 23.5. The van der Waals surface area contributed by atoms with Crippen molar-refractivity contribution >= 4 is 18.1 Å². The molecule has 2 atom stereocenters. The molecular weight excluding hydrogens is 426 g/mol. The fourth-order valence-corrected chi connectivity index (χ4v) is 4.46. The van der Waals surface area contributed by atoms with Crippen LogP contribution in [0.2, 0.25) is 5.02 Å². The molecule has 3 rings (SSSR count). The summed E-state index contributed by atoms with van der Waals surface area (Å²) in [6, 6.07) is 12.9. The second-order valence-corrected chi connectivity index (χ2v) is 8.78. The smallest absolute Gasteiger partial charge is 0.292 e. The van der Waals surface area contributed by atoms with Crippen molar-refractivity contribution in [3.63, 3.8) is 0 Å². The van der Waals surface area contributed by atoms with Gasteiger partial charge in [-0.25, -0.2) is 0 Å². The Morgan fingerprint density at radius 1 is 1.12 bits per heavy atom. The highest BCUT2D eigenvalue weighted by Gasteiger charge is 2.26. The number of nitrogens with zero attached hydrogens (tertiary/aromatic N) is 1. The highest BCUT2D eigenvalue weighted by Crippen LogP contribution is 2.34. The topological polar surface area (TPSA) is 48.0 Å². The lowest BCUT2D eigenvalue weighted by Crippen LogP contribution is -2.39. The van der Waals surface area contributed by atoms with Crippen LogP contribution in [0.3, 0.4) is 0 Å². The fourth-order valence-electron chi connectivity index (χ4n) is 4.16. The second-order valence-electron chi connectivity index (χ2n) is 8.37. The molecule has 0 spiro atoms. The molecular formula is C26H36ClNO4. The van der Waals surface area contributed by atoms with Crippen LogP contribution >= 0.6 is 11.6 Å². The van der Waals surface area contributed by atoms with Crippen molar-refractivity contribution in [1.82, 2.24) is 4.90 Å². The van der Waals surface area contributed by atoms with Crippen LogP contribution in [0.25, 0.3) is 0 Å². The summed E-state index contributed by atoms with van der Waals surface area (Å²) in [6.45, 7) is 11.0. The van der Waals surface area contributed by atoms with Gasteiger partial charge in [0.2, 0.25) is 0 Å². The molecule has 1 aliphatic heterocycles. The van der Waals surface area contributed by atoms with Gasteiger partial charge in [0.15, 0.2) is 0 Å². The molecule has 2 aromatic carbocycles. The zero-order valence-corrected chi connectivity index (χ0v) is 20.7. The number of likely N-dealkylation sites (tertiary alicyclic amines) is 1. The standard InChI is InChI=1S/C24H32ClNO2.C2H4O2/c1-17-6-8-20(9-7-17)21-10-12-26(16-19(21)3)11-5-13-28-23-15-24(27-4)22(25)14-18(23)2;1-4-2-3/h6-9,14-15,19,21H,5,10-13,16H2,1-4H3;2H,1H3. The predicted molar refractivity (Wildman–Crippen MR) is 130 cm³/mol. The summed E-state index contributed by atoms with van der Waals surface area (Å²) in [6.07, 6.45) is 2.25. The highest BCUT2D eigenvalue weighted by atomic mass is 35.5. The van der Waals surface area contributed by atoms with Crippen LogP contribution in [0.15, 0.2) is 36.4 Å². The van der Waals surface area contributed by atoms with Crippen LogP contribution in [0.4, 0.5) is 0 Å². The molecule has 176 valence electrons. The van der Waals surface area contributed by atoms with Crippen LogP contribution < -0.4 is 9.47 Å². The number of rotatable bonds is 8. The maximum absolute atomic E-state index is 8.95. The lowest BCUT2D eigenvalue weighted by atomic mass is 9.81. The Kier molecular flexibility index (Phi) is 10.8. The Balaban J connectivity index is 0.000000837. The highest BCUT2D eigenvalue weighted by molar-refractivity contribution is 6.32. The minimum atomic E-state index is 0.375. The first-order valence-corrected chi connectivity index (χ1v) is 11.5. The Labute approximate surface area is 197 Å². The molecule has 5 nitrogen and oxygen atoms in total. The van der Waals surface area contributed by atoms with E-state index < -0.39 is 0 Å². The molecule has 0 N–H and O–H groups in total. The van der Waals surface area contributed by atoms with E-state index in [2.05, 4.69) is 47.7 Å². The van der Waals surface area contributed by atoms with Crippen molar-refractivity contribution in [2.45, 2.75) is 39.5 Å². The van der Waals surface area contributed by atoms with Gasteiger partial charge < -0.3 is 19.1 Å². The molecule has 0 aliphatic carbocycles. The van der Waals surface area contributed by atoms with Gasteiger partial charge in [0, 0.05) is 19.2 Å². The quantitative estimate of drug-likeness (QED) is 0.375. The number of aryl methyl sites for hydroxylation is 2. The van der Waals surface area contributed by atoms with Gasteiger partial charge in [0.25, 0.3) is 6.47 Å². The third-order valence-corrected chi connectivity index (χ3v) is 6.21. The number of methoxy groups -OCH3 is 2. The number of hydrogen-bond acceptors (Lipinski definition) is 5. The molecule has 32 heavy (non-hydrogen) atoms. The Bertz CT molecular complexity index is 840. The Morgan fingerprint density at radius 3 is 2.41 bits per heavy atom. The van der Waals surface area contributed by atoms with Crippen molar-refractivity contribution in [2.24, 2.45) is 5.92 Å². The van der Waals surface area contributed by atoms with Gasteiger partial charge in [-0.05, 0) is 62.3 Å². The summed E-state index contributed by atoms with van der Waals surface area (Å²) in [5, 5.41) is 0.623. The molecule has 0 saturated carbocycles. The largest absolute Gasteiger partial charge is 0.495 e. The SMILES string of the molecule is COC=O.COc1cc(OCCCN2CCC(c3ccc(C)cc3)C(C)C2)c(C)cc1Cl. The van der Waals surface area contributed by atoms with Crippen molar-refractivity contribution in [3.05, 3.63) is 58.1 Å². The fraction of sp³-hybridized carbons (Fsp3) is 0.500. The van der Waals surface area contributed by atoms with Crippen LogP contribution in [-0.4, -0.2) is 51.8 Å². The van der Waals surface area contributed by atoms with E-state index >= 15 is 0 Å². The first-order valence-electron chi connectivity index (χ1n) is 11.1. The third-order valence-electron chi connectivity index (χ3n) is 5.92. The molecule has 2 aromatic rings. The van der Waals surface area contributed by atoms with Crippen molar-refractivity contribution < 1.29 is 19.0 Å². The van der Waals surface area contributed by atoms with Crippen LogP contribution in [-0.2, 0) is 9.53 Å². The second kappa shape index (κ2) is 13.3. The van der Waals surface area contributed by atoms with Gasteiger partial charge >= 0.3 is 0 Å². The number of halogens is 1. The molecule has 1 aliphatic rings. The molecule has 1 fully saturated rings. The minimum Gasteiger partial charge on any atom is -0.495 e. The summed E-state index contributed by atoms with van der Waals surface area (Å²) < 4.78 is 15.1. The number of benzene rings is 2. The van der Waals surface area contributed by atoms with E-state index in [1.165, 1.54) is 24.7 Å². The average molecular weight is 462 g/mol. The third kappa shape index (κ3) is 7.72. The molecule has 0 amide bonds. The maximum Gasteiger partial charge on any atom is 0.292 e. The van der Waals surface area contributed by atoms with Gasteiger partial charge in [-0.3, -0.25) is 4.79 Å². The maximum atomic E-state index is 8.95. The predicted octanol–water partition coefficient (Wildman–Crippen LogP) is 5.65. The number of carbonyl (C=O) groups is 1. The zero-order valence-electron chi connectivity index (χ0n) is 19.9. The molecule has 1 heterocycles. The van der Waals surface area contributed by atoms with E-state index in [4.69, 9.17) is 25.9 Å². The molecule has 2 unspecified atom stereocenters. The number of hydrogen-bond donors (Lipinski definition) is 0. The molecule has 0 aromatic heterocycles. The monoisotopic (exact) mass is 461 g/mol. The normalized spacial score (nSPS) is 18.3. The van der Waals surface area contributed by atoms with Gasteiger partial charge in [-0.1, -0.05) is 48.4 Å². The van der Waals surface area contributed by atoms with E-state index in [0.29, 0.717) is 35.7 Å². The molecule has 6 heteroatoms. The van der Waals surface area contributed by atoms with Crippen LogP contribution in [0.5, 0.6) is 11.5 Å². The molecule has 0 radical (unpaired) electrons. The summed E-state index contributed by atoms with van der Waals surface area (Å²) in [4.78, 5) is 11.5. The minimum absolute atomic E-state index is 0.375. The van der Waals surface area contributed by atoms with E-state index in [1.54, 1.807) is 7.11 Å². The van der Waals surface area contributed by atoms with Crippen LogP contribution in [0.1, 0.15) is 42.4 Å². The number of carbonyl (C=O) groups excluding carboxylic acids is 1. The van der Waals surface area contributed by atoms with Gasteiger partial charge in [-0.15, -0.1) is 0 Å². The van der Waals surface area contributed by atoms with Crippen molar-refractivity contribution in [3.8, 4) is 11.5 Å². The molecule has 1 saturated heterocycles. The van der Waals surface area contributed by atoms with E-state index in [-0.39, 0.29) is 0 Å². The Morgan fingerprint density at radius 2 is 1.81 bits per heavy atom. The van der Waals surface area contributed by atoms with E-state index in [1.807, 2.05) is 19.1 Å². The van der Waals surface area contributed by atoms with Gasteiger partial charge in [0.1, 0.15) is 11.5 Å². The van der Waals surface area contributed by atoms with Gasteiger partial charge in [0.05, 0.1) is 25.8 Å². The van der Waals surface area contributed by atoms with Crippen molar-refractivity contribution in [1.29, 1.82) is 0 Å².